The van der Waals surface area contributed by atoms with Crippen molar-refractivity contribution in [2.45, 2.75) is 25.8 Å². The van der Waals surface area contributed by atoms with E-state index in [1.807, 2.05) is 0 Å². The van der Waals surface area contributed by atoms with Gasteiger partial charge in [-0.2, -0.15) is 0 Å². The highest BCUT2D eigenvalue weighted by atomic mass is 16.4. The van der Waals surface area contributed by atoms with Crippen LogP contribution in [0.15, 0.2) is 10.9 Å². The number of carboxylic acids is 1. The van der Waals surface area contributed by atoms with Crippen LogP contribution in [0, 0.1) is 6.92 Å². The molecular weight excluding hydrogens is 210 g/mol. The van der Waals surface area contributed by atoms with E-state index < -0.39 is 12.0 Å². The number of hydrogen-bond acceptors (Lipinski definition) is 4. The molecule has 2 heterocycles. The quantitative estimate of drug-likeness (QED) is 0.744. The van der Waals surface area contributed by atoms with Gasteiger partial charge >= 0.3 is 5.97 Å². The first-order valence-electron chi connectivity index (χ1n) is 5.15. The number of nitrogens with one attached hydrogen (secondary N) is 1. The van der Waals surface area contributed by atoms with Crippen LogP contribution in [-0.2, 0) is 4.79 Å². The fourth-order valence-electron chi connectivity index (χ4n) is 2.01. The minimum atomic E-state index is -0.864. The van der Waals surface area contributed by atoms with Crippen molar-refractivity contribution in [1.82, 2.24) is 9.97 Å². The molecule has 6 heteroatoms. The van der Waals surface area contributed by atoms with Crippen molar-refractivity contribution in [2.24, 2.45) is 0 Å². The van der Waals surface area contributed by atoms with Crippen LogP contribution >= 0.6 is 0 Å². The summed E-state index contributed by atoms with van der Waals surface area (Å²) in [7, 11) is 0. The summed E-state index contributed by atoms with van der Waals surface area (Å²) in [4.78, 5) is 30.6. The van der Waals surface area contributed by atoms with Crippen LogP contribution in [0.2, 0.25) is 0 Å². The third kappa shape index (κ3) is 1.91. The standard InChI is InChI=1S/C10H13N3O3/c1-6-11-8(5-9(14)12-6)13-4-2-3-7(13)10(15)16/h5,7H,2-4H2,1H3,(H,15,16)(H,11,12,14). The Bertz CT molecular complexity index is 469. The summed E-state index contributed by atoms with van der Waals surface area (Å²) in [5.74, 6) is 0.0851. The van der Waals surface area contributed by atoms with E-state index >= 15 is 0 Å². The molecule has 1 saturated heterocycles. The van der Waals surface area contributed by atoms with E-state index in [4.69, 9.17) is 5.11 Å². The topological polar surface area (TPSA) is 86.3 Å². The Labute approximate surface area is 91.9 Å². The molecule has 1 aliphatic rings. The van der Waals surface area contributed by atoms with Gasteiger partial charge < -0.3 is 15.0 Å². The second-order valence-corrected chi connectivity index (χ2v) is 3.88. The number of aryl methyl sites for hydroxylation is 1. The molecule has 1 aromatic rings. The first-order chi connectivity index (χ1) is 7.58. The van der Waals surface area contributed by atoms with Gasteiger partial charge in [0, 0.05) is 12.6 Å². The van der Waals surface area contributed by atoms with Gasteiger partial charge in [-0.15, -0.1) is 0 Å². The smallest absolute Gasteiger partial charge is 0.326 e. The van der Waals surface area contributed by atoms with Crippen LogP contribution in [0.3, 0.4) is 0 Å². The van der Waals surface area contributed by atoms with Crippen molar-refractivity contribution in [2.75, 3.05) is 11.4 Å². The van der Waals surface area contributed by atoms with Crippen molar-refractivity contribution in [1.29, 1.82) is 0 Å². The molecule has 1 unspecified atom stereocenters. The fraction of sp³-hybridized carbons (Fsp3) is 0.500. The Morgan fingerprint density at radius 1 is 1.69 bits per heavy atom. The number of aromatic amines is 1. The third-order valence-electron chi connectivity index (χ3n) is 2.68. The number of carbonyl (C=O) groups is 1. The Morgan fingerprint density at radius 2 is 2.44 bits per heavy atom. The minimum absolute atomic E-state index is 0.251. The third-order valence-corrected chi connectivity index (χ3v) is 2.68. The molecule has 0 bridgehead atoms. The molecule has 0 aliphatic carbocycles. The number of carboxylic acid groups (broad SMARTS) is 1. The van der Waals surface area contributed by atoms with Crippen molar-refractivity contribution in [3.63, 3.8) is 0 Å². The molecule has 1 atom stereocenters. The minimum Gasteiger partial charge on any atom is -0.480 e. The van der Waals surface area contributed by atoms with Gasteiger partial charge in [-0.1, -0.05) is 0 Å². The molecule has 2 rings (SSSR count). The van der Waals surface area contributed by atoms with E-state index in [1.54, 1.807) is 11.8 Å². The van der Waals surface area contributed by atoms with Crippen molar-refractivity contribution in [3.05, 3.63) is 22.2 Å². The van der Waals surface area contributed by atoms with Gasteiger partial charge in [-0.25, -0.2) is 9.78 Å². The van der Waals surface area contributed by atoms with E-state index in [1.165, 1.54) is 6.07 Å². The van der Waals surface area contributed by atoms with Gasteiger partial charge in [0.05, 0.1) is 0 Å². The molecule has 2 N–H and O–H groups in total. The molecular formula is C10H13N3O3. The zero-order valence-electron chi connectivity index (χ0n) is 8.93. The second kappa shape index (κ2) is 3.96. The van der Waals surface area contributed by atoms with Gasteiger partial charge in [-0.05, 0) is 19.8 Å². The summed E-state index contributed by atoms with van der Waals surface area (Å²) in [6.07, 6.45) is 1.41. The summed E-state index contributed by atoms with van der Waals surface area (Å²) < 4.78 is 0. The maximum absolute atomic E-state index is 11.3. The van der Waals surface area contributed by atoms with E-state index in [0.29, 0.717) is 24.6 Å². The monoisotopic (exact) mass is 223 g/mol. The van der Waals surface area contributed by atoms with Crippen molar-refractivity contribution >= 4 is 11.8 Å². The van der Waals surface area contributed by atoms with E-state index in [-0.39, 0.29) is 5.56 Å². The van der Waals surface area contributed by atoms with Crippen LogP contribution < -0.4 is 10.5 Å². The molecule has 0 radical (unpaired) electrons. The maximum atomic E-state index is 11.3. The fourth-order valence-corrected chi connectivity index (χ4v) is 2.01. The number of aromatic nitrogens is 2. The Balaban J connectivity index is 2.36. The summed E-state index contributed by atoms with van der Waals surface area (Å²) in [6.45, 7) is 2.31. The normalized spacial score (nSPS) is 20.1. The molecule has 1 aliphatic heterocycles. The lowest BCUT2D eigenvalue weighted by Gasteiger charge is -2.22. The maximum Gasteiger partial charge on any atom is 0.326 e. The number of rotatable bonds is 2. The predicted octanol–water partition coefficient (Wildman–Crippen LogP) is 0.132. The molecule has 0 saturated carbocycles. The average molecular weight is 223 g/mol. The van der Waals surface area contributed by atoms with Crippen LogP contribution in [0.1, 0.15) is 18.7 Å². The second-order valence-electron chi connectivity index (χ2n) is 3.88. The van der Waals surface area contributed by atoms with Gasteiger partial charge in [-0.3, -0.25) is 4.79 Å². The zero-order chi connectivity index (χ0) is 11.7. The van der Waals surface area contributed by atoms with Crippen LogP contribution in [0.5, 0.6) is 0 Å². The number of hydrogen-bond donors (Lipinski definition) is 2. The Morgan fingerprint density at radius 3 is 3.06 bits per heavy atom. The van der Waals surface area contributed by atoms with Crippen molar-refractivity contribution in [3.8, 4) is 0 Å². The molecule has 1 fully saturated rings. The average Bonchev–Trinajstić information content (AvgIpc) is 2.63. The summed E-state index contributed by atoms with van der Waals surface area (Å²) >= 11 is 0. The lowest BCUT2D eigenvalue weighted by Crippen LogP contribution is -2.37. The highest BCUT2D eigenvalue weighted by Gasteiger charge is 2.31. The molecule has 16 heavy (non-hydrogen) atoms. The Hall–Kier alpha value is -1.85. The first-order valence-corrected chi connectivity index (χ1v) is 5.15. The molecule has 6 nitrogen and oxygen atoms in total. The Kier molecular flexibility index (Phi) is 2.64. The van der Waals surface area contributed by atoms with E-state index in [0.717, 1.165) is 6.42 Å². The number of nitrogens with zero attached hydrogens (tertiary/aromatic N) is 2. The SMILES string of the molecule is Cc1nc(N2CCCC2C(=O)O)cc(=O)[nH]1. The lowest BCUT2D eigenvalue weighted by atomic mass is 10.2. The largest absolute Gasteiger partial charge is 0.480 e. The first kappa shape index (κ1) is 10.7. The number of aliphatic carboxylic acids is 1. The van der Waals surface area contributed by atoms with Gasteiger partial charge in [0.25, 0.3) is 5.56 Å². The van der Waals surface area contributed by atoms with Gasteiger partial charge in [0.1, 0.15) is 17.7 Å². The summed E-state index contributed by atoms with van der Waals surface area (Å²) in [5, 5.41) is 9.03. The molecule has 1 aromatic heterocycles. The van der Waals surface area contributed by atoms with E-state index in [2.05, 4.69) is 9.97 Å². The number of anilines is 1. The van der Waals surface area contributed by atoms with Crippen molar-refractivity contribution < 1.29 is 9.90 Å². The van der Waals surface area contributed by atoms with Crippen LogP contribution in [0.4, 0.5) is 5.82 Å². The molecule has 0 amide bonds. The van der Waals surface area contributed by atoms with Gasteiger partial charge in [0.2, 0.25) is 0 Å². The van der Waals surface area contributed by atoms with Gasteiger partial charge in [0.15, 0.2) is 0 Å². The van der Waals surface area contributed by atoms with E-state index in [9.17, 15) is 9.59 Å². The van der Waals surface area contributed by atoms with Crippen LogP contribution in [-0.4, -0.2) is 33.6 Å². The summed E-state index contributed by atoms with van der Waals surface area (Å²) in [6, 6.07) is 0.780. The van der Waals surface area contributed by atoms with Crippen LogP contribution in [0.25, 0.3) is 0 Å². The number of H-pyrrole nitrogens is 1. The zero-order valence-corrected chi connectivity index (χ0v) is 8.93. The highest BCUT2D eigenvalue weighted by Crippen LogP contribution is 2.22. The molecule has 0 spiro atoms. The lowest BCUT2D eigenvalue weighted by molar-refractivity contribution is -0.138. The highest BCUT2D eigenvalue weighted by molar-refractivity contribution is 5.78. The predicted molar refractivity (Wildman–Crippen MR) is 57.6 cm³/mol. The molecule has 86 valence electrons. The summed E-state index contributed by atoms with van der Waals surface area (Å²) in [5.41, 5.74) is -0.251. The molecule has 0 aromatic carbocycles.